The van der Waals surface area contributed by atoms with E-state index < -0.39 is 0 Å². The van der Waals surface area contributed by atoms with Crippen molar-refractivity contribution in [2.24, 2.45) is 0 Å². The van der Waals surface area contributed by atoms with Crippen LogP contribution in [0.15, 0.2) is 30.5 Å². The number of hydrogen-bond donors (Lipinski definition) is 1. The molecule has 0 saturated carbocycles. The zero-order valence-electron chi connectivity index (χ0n) is 10.3. The Bertz CT molecular complexity index is 779. The quantitative estimate of drug-likeness (QED) is 0.696. The molecule has 19 heavy (non-hydrogen) atoms. The van der Waals surface area contributed by atoms with Crippen LogP contribution in [0.25, 0.3) is 16.7 Å². The first-order valence-electron chi connectivity index (χ1n) is 5.78. The van der Waals surface area contributed by atoms with Crippen molar-refractivity contribution in [1.82, 2.24) is 14.4 Å². The van der Waals surface area contributed by atoms with Crippen LogP contribution < -0.4 is 5.73 Å². The van der Waals surface area contributed by atoms with Gasteiger partial charge in [0.2, 0.25) is 0 Å². The van der Waals surface area contributed by atoms with Crippen molar-refractivity contribution in [1.29, 1.82) is 0 Å². The number of esters is 1. The summed E-state index contributed by atoms with van der Waals surface area (Å²) in [6.07, 6.45) is 1.85. The molecule has 0 atom stereocenters. The molecule has 0 saturated heterocycles. The SMILES string of the molecule is COC(=O)Cc1cn2c(nc3ccccc32)c(N)n1. The van der Waals surface area contributed by atoms with Crippen molar-refractivity contribution in [3.05, 3.63) is 36.2 Å². The van der Waals surface area contributed by atoms with Crippen molar-refractivity contribution in [3.8, 4) is 0 Å². The second-order valence-electron chi connectivity index (χ2n) is 4.16. The monoisotopic (exact) mass is 256 g/mol. The maximum absolute atomic E-state index is 11.3. The lowest BCUT2D eigenvalue weighted by Crippen LogP contribution is -2.09. The van der Waals surface area contributed by atoms with E-state index in [9.17, 15) is 4.79 Å². The van der Waals surface area contributed by atoms with Crippen LogP contribution in [0.4, 0.5) is 5.82 Å². The molecule has 3 aromatic rings. The maximum atomic E-state index is 11.3. The van der Waals surface area contributed by atoms with Crippen LogP contribution in [0.3, 0.4) is 0 Å². The summed E-state index contributed by atoms with van der Waals surface area (Å²) in [5.41, 5.74) is 8.81. The molecule has 0 radical (unpaired) electrons. The highest BCUT2D eigenvalue weighted by Gasteiger charge is 2.11. The van der Waals surface area contributed by atoms with Gasteiger partial charge in [-0.25, -0.2) is 9.97 Å². The molecule has 6 nitrogen and oxygen atoms in total. The third-order valence-corrected chi connectivity index (χ3v) is 2.92. The highest BCUT2D eigenvalue weighted by molar-refractivity contribution is 5.83. The lowest BCUT2D eigenvalue weighted by molar-refractivity contribution is -0.139. The molecule has 96 valence electrons. The Hall–Kier alpha value is -2.63. The number of carbonyl (C=O) groups is 1. The largest absolute Gasteiger partial charge is 0.469 e. The highest BCUT2D eigenvalue weighted by atomic mass is 16.5. The van der Waals surface area contributed by atoms with E-state index in [0.29, 0.717) is 17.2 Å². The number of ether oxygens (including phenoxy) is 1. The van der Waals surface area contributed by atoms with E-state index >= 15 is 0 Å². The summed E-state index contributed by atoms with van der Waals surface area (Å²) in [7, 11) is 1.34. The molecule has 1 aromatic carbocycles. The molecule has 0 spiro atoms. The predicted molar refractivity (Wildman–Crippen MR) is 70.6 cm³/mol. The fraction of sp³-hybridized carbons (Fsp3) is 0.154. The first-order valence-corrected chi connectivity index (χ1v) is 5.78. The lowest BCUT2D eigenvalue weighted by atomic mass is 10.3. The molecular weight excluding hydrogens is 244 g/mol. The number of nitrogens with zero attached hydrogens (tertiary/aromatic N) is 3. The van der Waals surface area contributed by atoms with Crippen LogP contribution in [0.1, 0.15) is 5.69 Å². The molecule has 2 heterocycles. The topological polar surface area (TPSA) is 82.5 Å². The van der Waals surface area contributed by atoms with Gasteiger partial charge in [-0.1, -0.05) is 12.1 Å². The van der Waals surface area contributed by atoms with Crippen LogP contribution in [-0.2, 0) is 16.0 Å². The summed E-state index contributed by atoms with van der Waals surface area (Å²) >= 11 is 0. The van der Waals surface area contributed by atoms with Crippen LogP contribution >= 0.6 is 0 Å². The third kappa shape index (κ3) is 1.87. The van der Waals surface area contributed by atoms with E-state index in [-0.39, 0.29) is 12.4 Å². The molecule has 0 unspecified atom stereocenters. The van der Waals surface area contributed by atoms with Crippen molar-refractivity contribution < 1.29 is 9.53 Å². The number of benzene rings is 1. The van der Waals surface area contributed by atoms with E-state index in [2.05, 4.69) is 14.7 Å². The summed E-state index contributed by atoms with van der Waals surface area (Å²) in [6, 6.07) is 7.68. The van der Waals surface area contributed by atoms with Gasteiger partial charge in [0, 0.05) is 6.20 Å². The number of rotatable bonds is 2. The molecule has 0 bridgehead atoms. The van der Waals surface area contributed by atoms with Gasteiger partial charge in [-0.05, 0) is 12.1 Å². The van der Waals surface area contributed by atoms with Gasteiger partial charge in [-0.15, -0.1) is 0 Å². The Balaban J connectivity index is 2.23. The number of nitrogen functional groups attached to an aromatic ring is 1. The summed E-state index contributed by atoms with van der Waals surface area (Å²) in [5.74, 6) is -0.0479. The molecule has 0 aliphatic carbocycles. The standard InChI is InChI=1S/C13H12N4O2/c1-19-11(18)6-8-7-17-10-5-3-2-4-9(10)16-13(17)12(14)15-8/h2-5,7H,6H2,1H3,(H2,14,15). The molecule has 0 amide bonds. The fourth-order valence-electron chi connectivity index (χ4n) is 2.04. The van der Waals surface area contributed by atoms with Crippen LogP contribution in [0.5, 0.6) is 0 Å². The Morgan fingerprint density at radius 1 is 1.37 bits per heavy atom. The van der Waals surface area contributed by atoms with Gasteiger partial charge < -0.3 is 10.5 Å². The number of hydrogen-bond acceptors (Lipinski definition) is 5. The van der Waals surface area contributed by atoms with E-state index in [1.807, 2.05) is 28.7 Å². The summed E-state index contributed by atoms with van der Waals surface area (Å²) in [5, 5.41) is 0. The van der Waals surface area contributed by atoms with E-state index in [1.54, 1.807) is 6.20 Å². The summed E-state index contributed by atoms with van der Waals surface area (Å²) < 4.78 is 6.47. The smallest absolute Gasteiger partial charge is 0.311 e. The number of carbonyl (C=O) groups excluding carboxylic acids is 1. The molecule has 3 rings (SSSR count). The van der Waals surface area contributed by atoms with Crippen molar-refractivity contribution in [2.45, 2.75) is 6.42 Å². The van der Waals surface area contributed by atoms with Gasteiger partial charge in [0.1, 0.15) is 0 Å². The molecule has 6 heteroatoms. The second-order valence-corrected chi connectivity index (χ2v) is 4.16. The molecule has 2 N–H and O–H groups in total. The lowest BCUT2D eigenvalue weighted by Gasteiger charge is -2.03. The highest BCUT2D eigenvalue weighted by Crippen LogP contribution is 2.20. The number of imidazole rings is 1. The Morgan fingerprint density at radius 2 is 2.16 bits per heavy atom. The minimum atomic E-state index is -0.351. The first kappa shape index (κ1) is 11.5. The van der Waals surface area contributed by atoms with Gasteiger partial charge >= 0.3 is 5.97 Å². The second kappa shape index (κ2) is 4.24. The first-order chi connectivity index (χ1) is 9.19. The van der Waals surface area contributed by atoms with Crippen LogP contribution in [0, 0.1) is 0 Å². The van der Waals surface area contributed by atoms with Gasteiger partial charge in [0.05, 0.1) is 30.3 Å². The fourth-order valence-corrected chi connectivity index (χ4v) is 2.04. The number of para-hydroxylation sites is 2. The predicted octanol–water partition coefficient (Wildman–Crippen LogP) is 1.18. The van der Waals surface area contributed by atoms with Crippen molar-refractivity contribution in [2.75, 3.05) is 12.8 Å². The number of aromatic nitrogens is 3. The average molecular weight is 256 g/mol. The van der Waals surface area contributed by atoms with E-state index in [4.69, 9.17) is 5.73 Å². The normalized spacial score (nSPS) is 11.0. The summed E-state index contributed by atoms with van der Waals surface area (Å²) in [6.45, 7) is 0. The molecule has 0 aliphatic heterocycles. The van der Waals surface area contributed by atoms with Crippen LogP contribution in [0.2, 0.25) is 0 Å². The zero-order chi connectivity index (χ0) is 13.4. The number of nitrogens with two attached hydrogens (primary N) is 1. The summed E-state index contributed by atoms with van der Waals surface area (Å²) in [4.78, 5) is 19.9. The Morgan fingerprint density at radius 3 is 2.95 bits per heavy atom. The van der Waals surface area contributed by atoms with Crippen LogP contribution in [-0.4, -0.2) is 27.4 Å². The molecule has 0 fully saturated rings. The third-order valence-electron chi connectivity index (χ3n) is 2.92. The Kier molecular flexibility index (Phi) is 2.56. The van der Waals surface area contributed by atoms with Gasteiger partial charge in [-0.3, -0.25) is 9.20 Å². The minimum absolute atomic E-state index is 0.0865. The van der Waals surface area contributed by atoms with E-state index in [1.165, 1.54) is 7.11 Å². The molecule has 2 aromatic heterocycles. The minimum Gasteiger partial charge on any atom is -0.469 e. The van der Waals surface area contributed by atoms with Gasteiger partial charge in [0.15, 0.2) is 11.5 Å². The zero-order valence-corrected chi connectivity index (χ0v) is 10.3. The van der Waals surface area contributed by atoms with Gasteiger partial charge in [-0.2, -0.15) is 0 Å². The maximum Gasteiger partial charge on any atom is 0.311 e. The Labute approximate surface area is 108 Å². The van der Waals surface area contributed by atoms with Crippen molar-refractivity contribution in [3.63, 3.8) is 0 Å². The van der Waals surface area contributed by atoms with Gasteiger partial charge in [0.25, 0.3) is 0 Å². The number of fused-ring (bicyclic) bond motifs is 3. The van der Waals surface area contributed by atoms with Crippen molar-refractivity contribution >= 4 is 28.5 Å². The molecule has 0 aliphatic rings. The molecular formula is C13H12N4O2. The average Bonchev–Trinajstić information content (AvgIpc) is 2.78. The van der Waals surface area contributed by atoms with E-state index in [0.717, 1.165) is 11.0 Å². The number of anilines is 1. The number of methoxy groups -OCH3 is 1.